The van der Waals surface area contributed by atoms with Gasteiger partial charge in [-0.3, -0.25) is 0 Å². The maximum atomic E-state index is 6.26. The van der Waals surface area contributed by atoms with Crippen LogP contribution in [0.3, 0.4) is 0 Å². The average molecular weight is 311 g/mol. The maximum Gasteiger partial charge on any atom is 0.138 e. The first-order valence-corrected chi connectivity index (χ1v) is 8.49. The zero-order valence-electron chi connectivity index (χ0n) is 13.1. The molecule has 1 aliphatic heterocycles. The molecule has 0 radical (unpaired) electrons. The molecular weight excluding hydrogens is 284 g/mol. The Kier molecular flexibility index (Phi) is 6.65. The molecule has 1 saturated heterocycles. The molecule has 1 aromatic rings. The third kappa shape index (κ3) is 5.40. The first-order valence-electron chi connectivity index (χ1n) is 8.11. The second-order valence-electron chi connectivity index (χ2n) is 5.92. The van der Waals surface area contributed by atoms with E-state index in [1.807, 2.05) is 18.2 Å². The molecule has 0 aromatic heterocycles. The van der Waals surface area contributed by atoms with Gasteiger partial charge in [-0.25, -0.2) is 0 Å². The molecule has 1 aliphatic rings. The number of piperidine rings is 1. The first-order chi connectivity index (χ1) is 10.2. The molecule has 2 N–H and O–H groups in total. The van der Waals surface area contributed by atoms with Crippen molar-refractivity contribution < 1.29 is 4.74 Å². The third-order valence-corrected chi connectivity index (χ3v) is 4.15. The lowest BCUT2D eigenvalue weighted by molar-refractivity contribution is 0.317. The van der Waals surface area contributed by atoms with Gasteiger partial charge in [0, 0.05) is 17.8 Å². The van der Waals surface area contributed by atoms with Crippen LogP contribution in [0.5, 0.6) is 5.75 Å². The fourth-order valence-corrected chi connectivity index (χ4v) is 3.05. The summed E-state index contributed by atoms with van der Waals surface area (Å²) in [5, 5.41) is 7.80. The minimum Gasteiger partial charge on any atom is -0.492 e. The number of hydrogen-bond acceptors (Lipinski definition) is 3. The zero-order chi connectivity index (χ0) is 15.1. The molecule has 0 saturated carbocycles. The Bertz CT molecular complexity index is 433. The summed E-state index contributed by atoms with van der Waals surface area (Å²) in [6, 6.07) is 7.02. The van der Waals surface area contributed by atoms with E-state index < -0.39 is 0 Å². The average Bonchev–Trinajstić information content (AvgIpc) is 2.47. The lowest BCUT2D eigenvalue weighted by Crippen LogP contribution is -2.37. The highest BCUT2D eigenvalue weighted by atomic mass is 35.5. The molecule has 0 spiro atoms. The van der Waals surface area contributed by atoms with Gasteiger partial charge in [0.25, 0.3) is 0 Å². The Morgan fingerprint density at radius 3 is 2.95 bits per heavy atom. The normalized spacial score (nSPS) is 20.0. The van der Waals surface area contributed by atoms with Crippen LogP contribution in [0.4, 0.5) is 5.69 Å². The monoisotopic (exact) mass is 310 g/mol. The van der Waals surface area contributed by atoms with E-state index in [0.717, 1.165) is 30.8 Å². The van der Waals surface area contributed by atoms with Crippen molar-refractivity contribution in [3.63, 3.8) is 0 Å². The lowest BCUT2D eigenvalue weighted by atomic mass is 9.99. The Labute approximate surface area is 133 Å². The number of hydrogen-bond donors (Lipinski definition) is 2. The van der Waals surface area contributed by atoms with Crippen LogP contribution in [0.2, 0.25) is 5.02 Å². The number of anilines is 1. The van der Waals surface area contributed by atoms with Crippen LogP contribution in [0.25, 0.3) is 0 Å². The highest BCUT2D eigenvalue weighted by Crippen LogP contribution is 2.28. The van der Waals surface area contributed by atoms with Crippen molar-refractivity contribution in [3.8, 4) is 5.75 Å². The first kappa shape index (κ1) is 16.4. The van der Waals surface area contributed by atoms with E-state index >= 15 is 0 Å². The van der Waals surface area contributed by atoms with Crippen molar-refractivity contribution in [1.82, 2.24) is 5.32 Å². The topological polar surface area (TPSA) is 33.3 Å². The van der Waals surface area contributed by atoms with E-state index in [1.54, 1.807) is 0 Å². The Hall–Kier alpha value is -0.930. The predicted molar refractivity (Wildman–Crippen MR) is 90.6 cm³/mol. The number of halogens is 1. The third-order valence-electron chi connectivity index (χ3n) is 3.86. The Morgan fingerprint density at radius 1 is 1.43 bits per heavy atom. The molecule has 118 valence electrons. The van der Waals surface area contributed by atoms with E-state index in [0.29, 0.717) is 23.7 Å². The van der Waals surface area contributed by atoms with Gasteiger partial charge in [0.2, 0.25) is 0 Å². The molecule has 0 bridgehead atoms. The summed E-state index contributed by atoms with van der Waals surface area (Å²) in [4.78, 5) is 0. The van der Waals surface area contributed by atoms with Crippen LogP contribution in [0.15, 0.2) is 18.2 Å². The summed E-state index contributed by atoms with van der Waals surface area (Å²) in [7, 11) is 0. The van der Waals surface area contributed by atoms with Gasteiger partial charge in [0.05, 0.1) is 11.6 Å². The highest BCUT2D eigenvalue weighted by molar-refractivity contribution is 6.32. The molecular formula is C17H27ClN2O. The number of nitrogens with one attached hydrogen (secondary N) is 2. The Morgan fingerprint density at radius 2 is 2.29 bits per heavy atom. The van der Waals surface area contributed by atoms with Crippen LogP contribution in [0.1, 0.15) is 46.0 Å². The summed E-state index contributed by atoms with van der Waals surface area (Å²) in [6.45, 7) is 6.18. The van der Waals surface area contributed by atoms with Crippen molar-refractivity contribution in [3.05, 3.63) is 23.2 Å². The SMILES string of the molecule is CCCOc1ccc(NC(C)CC2CCCCN2)cc1Cl. The maximum absolute atomic E-state index is 6.26. The smallest absolute Gasteiger partial charge is 0.138 e. The minimum absolute atomic E-state index is 0.430. The fraction of sp³-hybridized carbons (Fsp3) is 0.647. The summed E-state index contributed by atoms with van der Waals surface area (Å²) in [5.41, 5.74) is 1.06. The van der Waals surface area contributed by atoms with Crippen molar-refractivity contribution in [1.29, 1.82) is 0 Å². The van der Waals surface area contributed by atoms with Crippen LogP contribution < -0.4 is 15.4 Å². The molecule has 1 aromatic carbocycles. The van der Waals surface area contributed by atoms with Crippen molar-refractivity contribution in [2.75, 3.05) is 18.5 Å². The van der Waals surface area contributed by atoms with E-state index in [-0.39, 0.29) is 0 Å². The van der Waals surface area contributed by atoms with Crippen LogP contribution in [0, 0.1) is 0 Å². The van der Waals surface area contributed by atoms with Gasteiger partial charge in [-0.15, -0.1) is 0 Å². The molecule has 2 rings (SSSR count). The fourth-order valence-electron chi connectivity index (χ4n) is 2.82. The molecule has 21 heavy (non-hydrogen) atoms. The van der Waals surface area contributed by atoms with Crippen LogP contribution in [-0.2, 0) is 0 Å². The van der Waals surface area contributed by atoms with E-state index in [4.69, 9.17) is 16.3 Å². The molecule has 2 unspecified atom stereocenters. The van der Waals surface area contributed by atoms with Gasteiger partial charge in [0.15, 0.2) is 0 Å². The van der Waals surface area contributed by atoms with Gasteiger partial charge in [0.1, 0.15) is 5.75 Å². The second kappa shape index (κ2) is 8.50. The van der Waals surface area contributed by atoms with Crippen molar-refractivity contribution >= 4 is 17.3 Å². The zero-order valence-corrected chi connectivity index (χ0v) is 13.9. The van der Waals surface area contributed by atoms with Gasteiger partial charge >= 0.3 is 0 Å². The second-order valence-corrected chi connectivity index (χ2v) is 6.33. The van der Waals surface area contributed by atoms with Crippen LogP contribution in [-0.4, -0.2) is 25.2 Å². The molecule has 4 heteroatoms. The lowest BCUT2D eigenvalue weighted by Gasteiger charge is -2.27. The van der Waals surface area contributed by atoms with Gasteiger partial charge in [-0.2, -0.15) is 0 Å². The van der Waals surface area contributed by atoms with Crippen molar-refractivity contribution in [2.45, 2.75) is 58.0 Å². The number of benzene rings is 1. The summed E-state index contributed by atoms with van der Waals surface area (Å²) in [6.07, 6.45) is 6.08. The number of rotatable bonds is 7. The quantitative estimate of drug-likeness (QED) is 0.780. The minimum atomic E-state index is 0.430. The standard InChI is InChI=1S/C17H27ClN2O/c1-3-10-21-17-8-7-15(12-16(17)18)20-13(2)11-14-6-4-5-9-19-14/h7-8,12-14,19-20H,3-6,9-11H2,1-2H3. The highest BCUT2D eigenvalue weighted by Gasteiger charge is 2.15. The van der Waals surface area contributed by atoms with E-state index in [1.165, 1.54) is 19.3 Å². The molecule has 1 heterocycles. The summed E-state index contributed by atoms with van der Waals surface area (Å²) in [5.74, 6) is 0.769. The predicted octanol–water partition coefficient (Wildman–Crippen LogP) is 4.46. The van der Waals surface area contributed by atoms with Gasteiger partial charge in [-0.05, 0) is 57.4 Å². The molecule has 2 atom stereocenters. The molecule has 0 amide bonds. The summed E-state index contributed by atoms with van der Waals surface area (Å²) >= 11 is 6.26. The summed E-state index contributed by atoms with van der Waals surface area (Å²) < 4.78 is 5.60. The number of ether oxygens (including phenoxy) is 1. The largest absolute Gasteiger partial charge is 0.492 e. The van der Waals surface area contributed by atoms with Crippen molar-refractivity contribution in [2.24, 2.45) is 0 Å². The molecule has 0 aliphatic carbocycles. The molecule has 3 nitrogen and oxygen atoms in total. The van der Waals surface area contributed by atoms with Crippen LogP contribution >= 0.6 is 11.6 Å². The Balaban J connectivity index is 1.85. The van der Waals surface area contributed by atoms with E-state index in [9.17, 15) is 0 Å². The molecule has 1 fully saturated rings. The van der Waals surface area contributed by atoms with E-state index in [2.05, 4.69) is 24.5 Å². The van der Waals surface area contributed by atoms with Gasteiger partial charge < -0.3 is 15.4 Å². The van der Waals surface area contributed by atoms with Gasteiger partial charge in [-0.1, -0.05) is 24.9 Å².